The van der Waals surface area contributed by atoms with Crippen molar-refractivity contribution >= 4 is 32.7 Å². The highest BCUT2D eigenvalue weighted by atomic mass is 14.3. The summed E-state index contributed by atoms with van der Waals surface area (Å²) in [5, 5.41) is 5.45. The van der Waals surface area contributed by atoms with E-state index in [1.807, 2.05) is 0 Å². The molecule has 4 aromatic rings. The largest absolute Gasteiger partial charge is 0.0988 e. The lowest BCUT2D eigenvalue weighted by molar-refractivity contribution is 1.09. The van der Waals surface area contributed by atoms with Gasteiger partial charge in [0.1, 0.15) is 0 Å². The second-order valence-corrected chi connectivity index (χ2v) is 8.46. The number of fused-ring (bicyclic) bond motifs is 6. The maximum atomic E-state index is 4.14. The van der Waals surface area contributed by atoms with Crippen LogP contribution < -0.4 is 0 Å². The molecule has 0 atom stereocenters. The van der Waals surface area contributed by atoms with E-state index in [1.165, 1.54) is 60.5 Å². The van der Waals surface area contributed by atoms with Crippen LogP contribution in [0.2, 0.25) is 0 Å². The predicted molar refractivity (Wildman–Crippen MR) is 130 cm³/mol. The molecule has 0 aromatic heterocycles. The van der Waals surface area contributed by atoms with Crippen molar-refractivity contribution in [1.82, 2.24) is 0 Å². The number of hydrogen-bond donors (Lipinski definition) is 0. The van der Waals surface area contributed by atoms with Gasteiger partial charge in [0.2, 0.25) is 0 Å². The van der Waals surface area contributed by atoms with Crippen molar-refractivity contribution in [1.29, 1.82) is 0 Å². The summed E-state index contributed by atoms with van der Waals surface area (Å²) in [5.41, 5.74) is 10.3. The van der Waals surface area contributed by atoms with Crippen molar-refractivity contribution in [2.75, 3.05) is 0 Å². The molecule has 30 heavy (non-hydrogen) atoms. The highest BCUT2D eigenvalue weighted by Crippen LogP contribution is 2.43. The summed E-state index contributed by atoms with van der Waals surface area (Å²) in [4.78, 5) is 0. The van der Waals surface area contributed by atoms with Gasteiger partial charge in [-0.3, -0.25) is 0 Å². The second-order valence-electron chi connectivity index (χ2n) is 8.46. The average molecular weight is 385 g/mol. The molecule has 0 unspecified atom stereocenters. The fourth-order valence-corrected chi connectivity index (χ4v) is 5.46. The molecule has 6 rings (SSSR count). The third-order valence-electron chi connectivity index (χ3n) is 6.88. The van der Waals surface area contributed by atoms with Gasteiger partial charge in [-0.05, 0) is 86.2 Å². The highest BCUT2D eigenvalue weighted by Gasteiger charge is 2.23. The van der Waals surface area contributed by atoms with Crippen LogP contribution in [0.15, 0.2) is 97.1 Å². The fourth-order valence-electron chi connectivity index (χ4n) is 5.46. The smallest absolute Gasteiger partial charge is 0.00168 e. The van der Waals surface area contributed by atoms with Crippen LogP contribution in [-0.2, 0) is 12.8 Å². The van der Waals surface area contributed by atoms with Gasteiger partial charge in [0.15, 0.2) is 0 Å². The van der Waals surface area contributed by atoms with E-state index in [2.05, 4.69) is 91.5 Å². The molecule has 0 bridgehead atoms. The molecule has 0 spiro atoms. The molecule has 0 heterocycles. The van der Waals surface area contributed by atoms with Crippen LogP contribution in [0.1, 0.15) is 35.1 Å². The molecular formula is C30H24. The zero-order chi connectivity index (χ0) is 20.1. The zero-order valence-electron chi connectivity index (χ0n) is 17.1. The van der Waals surface area contributed by atoms with Crippen LogP contribution in [0, 0.1) is 0 Å². The lowest BCUT2D eigenvalue weighted by Crippen LogP contribution is -1.91. The quantitative estimate of drug-likeness (QED) is 0.335. The van der Waals surface area contributed by atoms with Crippen molar-refractivity contribution in [3.8, 4) is 0 Å². The van der Waals surface area contributed by atoms with E-state index in [9.17, 15) is 0 Å². The van der Waals surface area contributed by atoms with Gasteiger partial charge in [0, 0.05) is 0 Å². The molecule has 0 amide bonds. The van der Waals surface area contributed by atoms with Crippen LogP contribution in [0.5, 0.6) is 0 Å². The van der Waals surface area contributed by atoms with Gasteiger partial charge in [-0.2, -0.15) is 0 Å². The van der Waals surface area contributed by atoms with Crippen LogP contribution in [0.25, 0.3) is 32.7 Å². The lowest BCUT2D eigenvalue weighted by atomic mass is 9.91. The Labute approximate surface area is 177 Å². The molecule has 0 aliphatic heterocycles. The van der Waals surface area contributed by atoms with Crippen LogP contribution in [0.4, 0.5) is 0 Å². The molecule has 0 saturated heterocycles. The summed E-state index contributed by atoms with van der Waals surface area (Å²) < 4.78 is 0. The minimum absolute atomic E-state index is 1.01. The maximum Gasteiger partial charge on any atom is -0.00168 e. The van der Waals surface area contributed by atoms with Crippen LogP contribution in [0.3, 0.4) is 0 Å². The van der Waals surface area contributed by atoms with Crippen molar-refractivity contribution in [3.63, 3.8) is 0 Å². The molecule has 2 aliphatic rings. The van der Waals surface area contributed by atoms with E-state index in [1.54, 1.807) is 0 Å². The van der Waals surface area contributed by atoms with Crippen molar-refractivity contribution < 1.29 is 0 Å². The van der Waals surface area contributed by atoms with E-state index in [4.69, 9.17) is 0 Å². The van der Waals surface area contributed by atoms with Crippen LogP contribution >= 0.6 is 0 Å². The Morgan fingerprint density at radius 1 is 0.700 bits per heavy atom. The summed E-state index contributed by atoms with van der Waals surface area (Å²) >= 11 is 0. The standard InChI is InChI=1S/C30H24/c1-2-20-19-25-16-12-22-8-4-6-10-27(22)30(25)28(20)18-17-24-15-14-23-13-11-21-7-3-5-9-26(21)29(23)24/h2-13,15-16H,1,14,17-19H2. The topological polar surface area (TPSA) is 0 Å². The molecule has 0 nitrogen and oxygen atoms in total. The second kappa shape index (κ2) is 6.85. The van der Waals surface area contributed by atoms with Gasteiger partial charge in [-0.1, -0.05) is 91.5 Å². The first-order valence-corrected chi connectivity index (χ1v) is 10.9. The zero-order valence-corrected chi connectivity index (χ0v) is 17.1. The minimum Gasteiger partial charge on any atom is -0.0988 e. The van der Waals surface area contributed by atoms with E-state index >= 15 is 0 Å². The Balaban J connectivity index is 1.40. The first kappa shape index (κ1) is 17.5. The molecule has 4 aromatic carbocycles. The van der Waals surface area contributed by atoms with Crippen molar-refractivity contribution in [2.45, 2.75) is 25.7 Å². The molecule has 0 N–H and O–H groups in total. The summed E-state index contributed by atoms with van der Waals surface area (Å²) in [6.45, 7) is 4.14. The average Bonchev–Trinajstić information content (AvgIpc) is 3.38. The van der Waals surface area contributed by atoms with Gasteiger partial charge in [-0.15, -0.1) is 0 Å². The van der Waals surface area contributed by atoms with Gasteiger partial charge < -0.3 is 0 Å². The summed E-state index contributed by atoms with van der Waals surface area (Å²) in [7, 11) is 0. The van der Waals surface area contributed by atoms with E-state index in [-0.39, 0.29) is 0 Å². The Hall–Kier alpha value is -3.38. The molecule has 144 valence electrons. The Bertz CT molecular complexity index is 1390. The molecular weight excluding hydrogens is 360 g/mol. The molecule has 0 saturated carbocycles. The molecule has 0 heteroatoms. The summed E-state index contributed by atoms with van der Waals surface area (Å²) in [6.07, 6.45) is 8.74. The normalized spacial score (nSPS) is 14.9. The van der Waals surface area contributed by atoms with Crippen molar-refractivity contribution in [3.05, 3.63) is 119 Å². The van der Waals surface area contributed by atoms with Crippen molar-refractivity contribution in [2.24, 2.45) is 0 Å². The lowest BCUT2D eigenvalue weighted by Gasteiger charge is -2.13. The molecule has 0 radical (unpaired) electrons. The third kappa shape index (κ3) is 2.60. The highest BCUT2D eigenvalue weighted by molar-refractivity contribution is 6.00. The number of rotatable bonds is 4. The third-order valence-corrected chi connectivity index (χ3v) is 6.88. The Morgan fingerprint density at radius 2 is 1.37 bits per heavy atom. The van der Waals surface area contributed by atoms with Gasteiger partial charge in [-0.25, -0.2) is 0 Å². The van der Waals surface area contributed by atoms with E-state index in [0.717, 1.165) is 25.7 Å². The number of benzene rings is 4. The van der Waals surface area contributed by atoms with Crippen LogP contribution in [-0.4, -0.2) is 0 Å². The summed E-state index contributed by atoms with van der Waals surface area (Å²) in [5.74, 6) is 0. The van der Waals surface area contributed by atoms with Gasteiger partial charge in [0.25, 0.3) is 0 Å². The first-order chi connectivity index (χ1) is 14.8. The van der Waals surface area contributed by atoms with Gasteiger partial charge in [0.05, 0.1) is 0 Å². The first-order valence-electron chi connectivity index (χ1n) is 10.9. The molecule has 2 aliphatic carbocycles. The SMILES string of the molecule is C=CC1=C(CCC2=CCc3ccc4ccccc4c32)c2c(ccc3ccccc23)C1. The van der Waals surface area contributed by atoms with E-state index in [0.29, 0.717) is 0 Å². The van der Waals surface area contributed by atoms with E-state index < -0.39 is 0 Å². The monoisotopic (exact) mass is 384 g/mol. The molecule has 0 fully saturated rings. The maximum absolute atomic E-state index is 4.14. The predicted octanol–water partition coefficient (Wildman–Crippen LogP) is 7.91. The van der Waals surface area contributed by atoms with Gasteiger partial charge >= 0.3 is 0 Å². The number of hydrogen-bond acceptors (Lipinski definition) is 0. The fraction of sp³-hybridized carbons (Fsp3) is 0.133. The summed E-state index contributed by atoms with van der Waals surface area (Å²) in [6, 6.07) is 26.7. The minimum atomic E-state index is 1.01. The Morgan fingerprint density at radius 3 is 2.10 bits per heavy atom. The Kier molecular flexibility index (Phi) is 3.99. The number of allylic oxidation sites excluding steroid dienone is 5.